The molecule has 1 aromatic carbocycles. The van der Waals surface area contributed by atoms with E-state index in [-0.39, 0.29) is 0 Å². The first-order valence-corrected chi connectivity index (χ1v) is 6.73. The molecule has 0 saturated carbocycles. The highest BCUT2D eigenvalue weighted by Crippen LogP contribution is 2.24. The summed E-state index contributed by atoms with van der Waals surface area (Å²) >= 11 is 4.77. The summed E-state index contributed by atoms with van der Waals surface area (Å²) in [5.41, 5.74) is 1.34. The third-order valence-corrected chi connectivity index (χ3v) is 4.15. The summed E-state index contributed by atoms with van der Waals surface area (Å²) in [7, 11) is 3.90. The van der Waals surface area contributed by atoms with Gasteiger partial charge >= 0.3 is 0 Å². The van der Waals surface area contributed by atoms with Crippen molar-refractivity contribution < 1.29 is 4.74 Å². The molecule has 2 nitrogen and oxygen atoms in total. The molecule has 0 aliphatic carbocycles. The molecule has 1 heterocycles. The number of likely N-dealkylation sites (tertiary alicyclic amines) is 1. The Morgan fingerprint density at radius 1 is 1.41 bits per heavy atom. The van der Waals surface area contributed by atoms with Crippen molar-refractivity contribution in [2.24, 2.45) is 0 Å². The molecule has 94 valence electrons. The van der Waals surface area contributed by atoms with Gasteiger partial charge in [-0.2, -0.15) is 12.6 Å². The highest BCUT2D eigenvalue weighted by Gasteiger charge is 2.26. The van der Waals surface area contributed by atoms with Gasteiger partial charge in [0.15, 0.2) is 0 Å². The van der Waals surface area contributed by atoms with E-state index in [9.17, 15) is 0 Å². The van der Waals surface area contributed by atoms with E-state index >= 15 is 0 Å². The molecule has 1 unspecified atom stereocenters. The first-order chi connectivity index (χ1) is 8.20. The van der Waals surface area contributed by atoms with Gasteiger partial charge in [0.25, 0.3) is 0 Å². The van der Waals surface area contributed by atoms with Crippen LogP contribution in [0, 0.1) is 0 Å². The first-order valence-electron chi connectivity index (χ1n) is 6.22. The molecule has 1 aliphatic heterocycles. The maximum atomic E-state index is 5.16. The number of nitrogens with zero attached hydrogens (tertiary/aromatic N) is 1. The smallest absolute Gasteiger partial charge is 0.118 e. The second-order valence-corrected chi connectivity index (χ2v) is 5.47. The molecule has 0 amide bonds. The standard InChI is InChI=1S/C14H21NOS/c1-15-9-3-4-13(15)14(17)10-11-5-7-12(16-2)8-6-11/h5-8,13-14,17H,3-4,9-10H2,1-2H3/t13-,14?/m0/s1. The molecule has 17 heavy (non-hydrogen) atoms. The molecular weight excluding hydrogens is 230 g/mol. The maximum absolute atomic E-state index is 5.16. The Balaban J connectivity index is 1.95. The molecular formula is C14H21NOS. The molecule has 0 aromatic heterocycles. The first kappa shape index (κ1) is 12.8. The average molecular weight is 251 g/mol. The lowest BCUT2D eigenvalue weighted by Crippen LogP contribution is -2.34. The number of methoxy groups -OCH3 is 1. The Bertz CT molecular complexity index is 352. The van der Waals surface area contributed by atoms with Gasteiger partial charge in [-0.1, -0.05) is 12.1 Å². The van der Waals surface area contributed by atoms with Crippen LogP contribution in [0.15, 0.2) is 24.3 Å². The zero-order valence-electron chi connectivity index (χ0n) is 10.6. The minimum atomic E-state index is 0.427. The molecule has 0 radical (unpaired) electrons. The van der Waals surface area contributed by atoms with Crippen LogP contribution in [0.5, 0.6) is 5.75 Å². The Kier molecular flexibility index (Phi) is 4.35. The monoisotopic (exact) mass is 251 g/mol. The fourth-order valence-corrected chi connectivity index (χ4v) is 3.15. The van der Waals surface area contributed by atoms with Gasteiger partial charge in [-0.25, -0.2) is 0 Å². The third kappa shape index (κ3) is 3.17. The van der Waals surface area contributed by atoms with Crippen molar-refractivity contribution in [3.05, 3.63) is 29.8 Å². The number of benzene rings is 1. The third-order valence-electron chi connectivity index (χ3n) is 3.62. The highest BCUT2D eigenvalue weighted by molar-refractivity contribution is 7.81. The summed E-state index contributed by atoms with van der Waals surface area (Å²) in [6.45, 7) is 1.21. The van der Waals surface area contributed by atoms with Crippen molar-refractivity contribution in [2.45, 2.75) is 30.6 Å². The Hall–Kier alpha value is -0.670. The molecule has 0 spiro atoms. The van der Waals surface area contributed by atoms with Gasteiger partial charge in [0.1, 0.15) is 5.75 Å². The number of ether oxygens (including phenoxy) is 1. The molecule has 0 bridgehead atoms. The van der Waals surface area contributed by atoms with Gasteiger partial charge in [-0.3, -0.25) is 0 Å². The molecule has 1 aliphatic rings. The number of thiol groups is 1. The fraction of sp³-hybridized carbons (Fsp3) is 0.571. The van der Waals surface area contributed by atoms with Crippen molar-refractivity contribution >= 4 is 12.6 Å². The Morgan fingerprint density at radius 2 is 2.12 bits per heavy atom. The Labute approximate surface area is 109 Å². The fourth-order valence-electron chi connectivity index (χ4n) is 2.56. The number of hydrogen-bond acceptors (Lipinski definition) is 3. The van der Waals surface area contributed by atoms with Crippen molar-refractivity contribution in [1.82, 2.24) is 4.90 Å². The number of rotatable bonds is 4. The lowest BCUT2D eigenvalue weighted by molar-refractivity contribution is 0.304. The van der Waals surface area contributed by atoms with Crippen molar-refractivity contribution in [1.29, 1.82) is 0 Å². The predicted molar refractivity (Wildman–Crippen MR) is 75.1 cm³/mol. The summed E-state index contributed by atoms with van der Waals surface area (Å²) in [5, 5.41) is 0.427. The van der Waals surface area contributed by atoms with Crippen LogP contribution in [0.25, 0.3) is 0 Å². The molecule has 3 heteroatoms. The summed E-state index contributed by atoms with van der Waals surface area (Å²) < 4.78 is 5.16. The molecule has 2 atom stereocenters. The Morgan fingerprint density at radius 3 is 2.65 bits per heavy atom. The minimum Gasteiger partial charge on any atom is -0.497 e. The quantitative estimate of drug-likeness (QED) is 0.826. The van der Waals surface area contributed by atoms with Gasteiger partial charge in [-0.05, 0) is 50.6 Å². The van der Waals surface area contributed by atoms with Crippen LogP contribution in [0.2, 0.25) is 0 Å². The van der Waals surface area contributed by atoms with Crippen LogP contribution in [0.4, 0.5) is 0 Å². The van der Waals surface area contributed by atoms with Gasteiger partial charge in [0, 0.05) is 11.3 Å². The van der Waals surface area contributed by atoms with E-state index in [1.54, 1.807) is 7.11 Å². The van der Waals surface area contributed by atoms with E-state index in [1.807, 2.05) is 12.1 Å². The van der Waals surface area contributed by atoms with Crippen molar-refractivity contribution in [2.75, 3.05) is 20.7 Å². The van der Waals surface area contributed by atoms with Gasteiger partial charge in [-0.15, -0.1) is 0 Å². The maximum Gasteiger partial charge on any atom is 0.118 e. The van der Waals surface area contributed by atoms with Gasteiger partial charge in [0.2, 0.25) is 0 Å². The summed E-state index contributed by atoms with van der Waals surface area (Å²) in [4.78, 5) is 2.43. The van der Waals surface area contributed by atoms with Crippen LogP contribution >= 0.6 is 12.6 Å². The van der Waals surface area contributed by atoms with E-state index in [0.717, 1.165) is 12.2 Å². The molecule has 1 fully saturated rings. The average Bonchev–Trinajstić information content (AvgIpc) is 2.76. The van der Waals surface area contributed by atoms with Crippen LogP contribution in [-0.4, -0.2) is 36.9 Å². The van der Waals surface area contributed by atoms with Crippen LogP contribution in [0.3, 0.4) is 0 Å². The molecule has 0 N–H and O–H groups in total. The topological polar surface area (TPSA) is 12.5 Å². The minimum absolute atomic E-state index is 0.427. The highest BCUT2D eigenvalue weighted by atomic mass is 32.1. The zero-order valence-corrected chi connectivity index (χ0v) is 11.5. The van der Waals surface area contributed by atoms with E-state index in [1.165, 1.54) is 24.9 Å². The van der Waals surface area contributed by atoms with Crippen LogP contribution < -0.4 is 4.74 Å². The molecule has 2 rings (SSSR count). The van der Waals surface area contributed by atoms with Crippen molar-refractivity contribution in [3.8, 4) is 5.75 Å². The van der Waals surface area contributed by atoms with Crippen LogP contribution in [-0.2, 0) is 6.42 Å². The SMILES string of the molecule is COc1ccc(CC(S)[C@@H]2CCCN2C)cc1. The van der Waals surface area contributed by atoms with Crippen molar-refractivity contribution in [3.63, 3.8) is 0 Å². The van der Waals surface area contributed by atoms with E-state index < -0.39 is 0 Å². The van der Waals surface area contributed by atoms with Gasteiger partial charge < -0.3 is 9.64 Å². The lowest BCUT2D eigenvalue weighted by Gasteiger charge is -2.25. The van der Waals surface area contributed by atoms with Crippen LogP contribution in [0.1, 0.15) is 18.4 Å². The lowest BCUT2D eigenvalue weighted by atomic mass is 10.0. The summed E-state index contributed by atoms with van der Waals surface area (Å²) in [6, 6.07) is 8.94. The van der Waals surface area contributed by atoms with E-state index in [2.05, 4.69) is 24.1 Å². The predicted octanol–water partition coefficient (Wildman–Crippen LogP) is 2.63. The molecule has 1 aromatic rings. The van der Waals surface area contributed by atoms with Gasteiger partial charge in [0.05, 0.1) is 7.11 Å². The summed E-state index contributed by atoms with van der Waals surface area (Å²) in [6.07, 6.45) is 3.61. The second kappa shape index (κ2) is 5.78. The largest absolute Gasteiger partial charge is 0.497 e. The molecule has 1 saturated heterocycles. The van der Waals surface area contributed by atoms with E-state index in [4.69, 9.17) is 17.4 Å². The second-order valence-electron chi connectivity index (χ2n) is 4.81. The normalized spacial score (nSPS) is 22.6. The number of hydrogen-bond donors (Lipinski definition) is 1. The van der Waals surface area contributed by atoms with E-state index in [0.29, 0.717) is 11.3 Å². The summed E-state index contributed by atoms with van der Waals surface area (Å²) in [5.74, 6) is 0.919. The zero-order chi connectivity index (χ0) is 12.3.